The van der Waals surface area contributed by atoms with E-state index in [9.17, 15) is 9.59 Å². The second-order valence-electron chi connectivity index (χ2n) is 6.24. The minimum Gasteiger partial charge on any atom is -0.320 e. The van der Waals surface area contributed by atoms with Gasteiger partial charge in [0.2, 0.25) is 0 Å². The molecule has 8 heteroatoms. The van der Waals surface area contributed by atoms with Crippen LogP contribution in [0, 0.1) is 12.8 Å². The molecule has 26 heavy (non-hydrogen) atoms. The molecule has 1 atom stereocenters. The van der Waals surface area contributed by atoms with Crippen LogP contribution in [0.25, 0.3) is 0 Å². The van der Waals surface area contributed by atoms with E-state index in [-0.39, 0.29) is 41.8 Å². The molecule has 3 heterocycles. The molecule has 1 aliphatic rings. The number of carbonyl (C=O) groups is 1. The quantitative estimate of drug-likeness (QED) is 0.829. The second kappa shape index (κ2) is 10.3. The SMILES string of the molecule is Cc1ccn(CC2CCCNC2)c(=O)c1C(=O)Nc1cccnc1.Cl.Cl. The standard InChI is InChI=1S/C18H22N4O2.2ClH/c1-13-6-9-22(12-14-4-2-7-19-10-14)18(24)16(13)17(23)21-15-5-3-8-20-11-15;;/h3,5-6,8-9,11,14,19H,2,4,7,10,12H2,1H3,(H,21,23);2*1H. The predicted molar refractivity (Wildman–Crippen MR) is 108 cm³/mol. The van der Waals surface area contributed by atoms with Crippen molar-refractivity contribution in [3.8, 4) is 0 Å². The van der Waals surface area contributed by atoms with Gasteiger partial charge in [0, 0.05) is 18.9 Å². The minimum atomic E-state index is -0.387. The van der Waals surface area contributed by atoms with Gasteiger partial charge in [-0.3, -0.25) is 14.6 Å². The van der Waals surface area contributed by atoms with Crippen molar-refractivity contribution in [1.29, 1.82) is 0 Å². The Morgan fingerprint density at radius 1 is 1.38 bits per heavy atom. The van der Waals surface area contributed by atoms with Crippen molar-refractivity contribution in [2.75, 3.05) is 18.4 Å². The lowest BCUT2D eigenvalue weighted by atomic mass is 9.99. The number of amides is 1. The number of pyridine rings is 2. The minimum absolute atomic E-state index is 0. The summed E-state index contributed by atoms with van der Waals surface area (Å²) in [4.78, 5) is 29.3. The molecule has 0 bridgehead atoms. The Balaban J connectivity index is 0.00000169. The summed E-state index contributed by atoms with van der Waals surface area (Å²) in [5, 5.41) is 6.10. The van der Waals surface area contributed by atoms with Crippen LogP contribution in [0.3, 0.4) is 0 Å². The third-order valence-corrected chi connectivity index (χ3v) is 4.37. The molecule has 3 rings (SSSR count). The van der Waals surface area contributed by atoms with Crippen molar-refractivity contribution in [1.82, 2.24) is 14.9 Å². The van der Waals surface area contributed by atoms with Crippen LogP contribution in [-0.4, -0.2) is 28.5 Å². The molecule has 2 aromatic rings. The molecule has 2 aromatic heterocycles. The van der Waals surface area contributed by atoms with Gasteiger partial charge < -0.3 is 15.2 Å². The van der Waals surface area contributed by atoms with Crippen molar-refractivity contribution < 1.29 is 4.79 Å². The Morgan fingerprint density at radius 2 is 2.19 bits per heavy atom. The van der Waals surface area contributed by atoms with E-state index in [4.69, 9.17) is 0 Å². The highest BCUT2D eigenvalue weighted by atomic mass is 35.5. The fraction of sp³-hybridized carbons (Fsp3) is 0.389. The molecule has 142 valence electrons. The molecule has 1 unspecified atom stereocenters. The largest absolute Gasteiger partial charge is 0.320 e. The van der Waals surface area contributed by atoms with Gasteiger partial charge in [-0.25, -0.2) is 0 Å². The van der Waals surface area contributed by atoms with Crippen molar-refractivity contribution in [2.24, 2.45) is 5.92 Å². The van der Waals surface area contributed by atoms with Gasteiger partial charge in [0.25, 0.3) is 11.5 Å². The second-order valence-corrected chi connectivity index (χ2v) is 6.24. The van der Waals surface area contributed by atoms with Gasteiger partial charge in [-0.15, -0.1) is 24.8 Å². The Hall–Kier alpha value is -1.89. The predicted octanol–water partition coefficient (Wildman–Crippen LogP) is 2.65. The summed E-state index contributed by atoms with van der Waals surface area (Å²) in [5.74, 6) is 0.0370. The van der Waals surface area contributed by atoms with Gasteiger partial charge in [-0.05, 0) is 62.5 Å². The fourth-order valence-corrected chi connectivity index (χ4v) is 3.07. The van der Waals surface area contributed by atoms with E-state index in [0.717, 1.165) is 25.9 Å². The van der Waals surface area contributed by atoms with Crippen molar-refractivity contribution in [2.45, 2.75) is 26.3 Å². The maximum absolute atomic E-state index is 12.8. The molecule has 1 amide bonds. The zero-order chi connectivity index (χ0) is 16.9. The average Bonchev–Trinajstić information content (AvgIpc) is 2.59. The van der Waals surface area contributed by atoms with Gasteiger partial charge in [-0.1, -0.05) is 0 Å². The zero-order valence-corrected chi connectivity index (χ0v) is 16.2. The van der Waals surface area contributed by atoms with E-state index in [1.807, 2.05) is 6.07 Å². The van der Waals surface area contributed by atoms with Gasteiger partial charge in [-0.2, -0.15) is 0 Å². The van der Waals surface area contributed by atoms with Crippen LogP contribution < -0.4 is 16.2 Å². The topological polar surface area (TPSA) is 76.0 Å². The molecular weight excluding hydrogens is 375 g/mol. The first-order valence-corrected chi connectivity index (χ1v) is 8.27. The number of halogens is 2. The maximum Gasteiger partial charge on any atom is 0.263 e. The number of anilines is 1. The van der Waals surface area contributed by atoms with E-state index < -0.39 is 0 Å². The molecule has 1 aliphatic heterocycles. The van der Waals surface area contributed by atoms with Gasteiger partial charge in [0.1, 0.15) is 5.56 Å². The lowest BCUT2D eigenvalue weighted by Gasteiger charge is -2.23. The van der Waals surface area contributed by atoms with E-state index in [2.05, 4.69) is 15.6 Å². The summed E-state index contributed by atoms with van der Waals surface area (Å²) in [6, 6.07) is 5.31. The maximum atomic E-state index is 12.8. The number of carbonyl (C=O) groups excluding carboxylic acids is 1. The monoisotopic (exact) mass is 398 g/mol. The third kappa shape index (κ3) is 5.30. The first-order valence-electron chi connectivity index (χ1n) is 8.27. The number of rotatable bonds is 4. The van der Waals surface area contributed by atoms with E-state index in [1.165, 1.54) is 0 Å². The normalized spacial score (nSPS) is 16.1. The van der Waals surface area contributed by atoms with Crippen LogP contribution in [0.1, 0.15) is 28.8 Å². The number of aromatic nitrogens is 2. The van der Waals surface area contributed by atoms with E-state index >= 15 is 0 Å². The Bertz CT molecular complexity index is 775. The van der Waals surface area contributed by atoms with Gasteiger partial charge >= 0.3 is 0 Å². The molecule has 0 radical (unpaired) electrons. The number of aryl methyl sites for hydroxylation is 1. The Kier molecular flexibility index (Phi) is 8.78. The number of piperidine rings is 1. The highest BCUT2D eigenvalue weighted by molar-refractivity contribution is 6.04. The van der Waals surface area contributed by atoms with E-state index in [0.29, 0.717) is 23.7 Å². The van der Waals surface area contributed by atoms with Crippen LogP contribution in [0.4, 0.5) is 5.69 Å². The molecule has 1 fully saturated rings. The smallest absolute Gasteiger partial charge is 0.263 e. The number of nitrogens with zero attached hydrogens (tertiary/aromatic N) is 2. The molecule has 0 aliphatic carbocycles. The van der Waals surface area contributed by atoms with Gasteiger partial charge in [0.05, 0.1) is 11.9 Å². The highest BCUT2D eigenvalue weighted by Gasteiger charge is 2.19. The number of hydrogen-bond donors (Lipinski definition) is 2. The summed E-state index contributed by atoms with van der Waals surface area (Å²) < 4.78 is 1.66. The molecule has 2 N–H and O–H groups in total. The van der Waals surface area contributed by atoms with Crippen LogP contribution in [0.2, 0.25) is 0 Å². The van der Waals surface area contributed by atoms with Crippen molar-refractivity contribution in [3.63, 3.8) is 0 Å². The van der Waals surface area contributed by atoms with Crippen LogP contribution >= 0.6 is 24.8 Å². The van der Waals surface area contributed by atoms with Crippen LogP contribution in [0.5, 0.6) is 0 Å². The molecule has 6 nitrogen and oxygen atoms in total. The fourth-order valence-electron chi connectivity index (χ4n) is 3.07. The summed E-state index contributed by atoms with van der Waals surface area (Å²) in [6.07, 6.45) is 7.20. The van der Waals surface area contributed by atoms with Crippen LogP contribution in [-0.2, 0) is 6.54 Å². The third-order valence-electron chi connectivity index (χ3n) is 4.37. The zero-order valence-electron chi connectivity index (χ0n) is 14.6. The Labute approximate surface area is 165 Å². The first-order chi connectivity index (χ1) is 11.6. The average molecular weight is 399 g/mol. The summed E-state index contributed by atoms with van der Waals surface area (Å²) in [5.41, 5.74) is 1.22. The number of nitrogens with one attached hydrogen (secondary N) is 2. The molecule has 1 saturated heterocycles. The highest BCUT2D eigenvalue weighted by Crippen LogP contribution is 2.13. The Morgan fingerprint density at radius 3 is 2.85 bits per heavy atom. The first kappa shape index (κ1) is 22.2. The summed E-state index contributed by atoms with van der Waals surface area (Å²) in [6.45, 7) is 4.38. The van der Waals surface area contributed by atoms with Crippen LogP contribution in [0.15, 0.2) is 41.6 Å². The van der Waals surface area contributed by atoms with Crippen molar-refractivity contribution >= 4 is 36.4 Å². The molecule has 0 spiro atoms. The molecule has 0 aromatic carbocycles. The van der Waals surface area contributed by atoms with E-state index in [1.54, 1.807) is 42.2 Å². The summed E-state index contributed by atoms with van der Waals surface area (Å²) in [7, 11) is 0. The van der Waals surface area contributed by atoms with Gasteiger partial charge in [0.15, 0.2) is 0 Å². The summed E-state index contributed by atoms with van der Waals surface area (Å²) >= 11 is 0. The lowest BCUT2D eigenvalue weighted by Crippen LogP contribution is -2.36. The van der Waals surface area contributed by atoms with Crippen molar-refractivity contribution in [3.05, 3.63) is 58.3 Å². The lowest BCUT2D eigenvalue weighted by molar-refractivity contribution is 0.102. The molecule has 0 saturated carbocycles. The molecular formula is C18H24Cl2N4O2. The number of hydrogen-bond acceptors (Lipinski definition) is 4.